The van der Waals surface area contributed by atoms with Crippen molar-refractivity contribution < 1.29 is 0 Å². The third-order valence-electron chi connectivity index (χ3n) is 3.72. The Morgan fingerprint density at radius 3 is 2.89 bits per heavy atom. The molecular formula is C12H19N7. The SMILES string of the molecule is NNc1nc(NCC2CCCCC2)c2cn[nH]c2n1. The van der Waals surface area contributed by atoms with Crippen molar-refractivity contribution in [3.63, 3.8) is 0 Å². The normalized spacial score (nSPS) is 16.7. The highest BCUT2D eigenvalue weighted by Gasteiger charge is 2.15. The summed E-state index contributed by atoms with van der Waals surface area (Å²) >= 11 is 0. The summed E-state index contributed by atoms with van der Waals surface area (Å²) in [5.41, 5.74) is 3.17. The van der Waals surface area contributed by atoms with E-state index in [4.69, 9.17) is 5.84 Å². The Balaban J connectivity index is 1.77. The van der Waals surface area contributed by atoms with E-state index in [0.29, 0.717) is 11.6 Å². The van der Waals surface area contributed by atoms with E-state index in [1.165, 1.54) is 32.1 Å². The van der Waals surface area contributed by atoms with Crippen molar-refractivity contribution >= 4 is 22.8 Å². The summed E-state index contributed by atoms with van der Waals surface area (Å²) in [6.45, 7) is 0.946. The minimum absolute atomic E-state index is 0.392. The Kier molecular flexibility index (Phi) is 3.45. The Morgan fingerprint density at radius 1 is 1.26 bits per heavy atom. The van der Waals surface area contributed by atoms with E-state index in [2.05, 4.69) is 30.9 Å². The summed E-state index contributed by atoms with van der Waals surface area (Å²) in [4.78, 5) is 8.56. The Labute approximate surface area is 111 Å². The van der Waals surface area contributed by atoms with Gasteiger partial charge < -0.3 is 5.32 Å². The number of anilines is 2. The first-order chi connectivity index (χ1) is 9.36. The zero-order valence-electron chi connectivity index (χ0n) is 10.8. The molecule has 102 valence electrons. The Hall–Kier alpha value is -1.89. The van der Waals surface area contributed by atoms with Crippen molar-refractivity contribution in [2.24, 2.45) is 11.8 Å². The molecule has 0 aromatic carbocycles. The van der Waals surface area contributed by atoms with Crippen LogP contribution >= 0.6 is 0 Å². The van der Waals surface area contributed by atoms with E-state index < -0.39 is 0 Å². The van der Waals surface area contributed by atoms with Crippen LogP contribution in [0, 0.1) is 5.92 Å². The van der Waals surface area contributed by atoms with Gasteiger partial charge in [0.15, 0.2) is 5.65 Å². The molecule has 1 aliphatic carbocycles. The number of nitrogen functional groups attached to an aromatic ring is 1. The highest BCUT2D eigenvalue weighted by molar-refractivity contribution is 5.86. The lowest BCUT2D eigenvalue weighted by molar-refractivity contribution is 0.373. The summed E-state index contributed by atoms with van der Waals surface area (Å²) in [7, 11) is 0. The monoisotopic (exact) mass is 261 g/mol. The Bertz CT molecular complexity index is 544. The van der Waals surface area contributed by atoms with Crippen LogP contribution in [0.25, 0.3) is 11.0 Å². The Morgan fingerprint density at radius 2 is 2.11 bits per heavy atom. The van der Waals surface area contributed by atoms with E-state index in [-0.39, 0.29) is 0 Å². The second-order valence-electron chi connectivity index (χ2n) is 5.06. The smallest absolute Gasteiger partial charge is 0.241 e. The van der Waals surface area contributed by atoms with Crippen LogP contribution in [0.15, 0.2) is 6.20 Å². The van der Waals surface area contributed by atoms with E-state index in [0.717, 1.165) is 23.7 Å². The number of hydrazine groups is 1. The molecule has 0 aliphatic heterocycles. The first-order valence-corrected chi connectivity index (χ1v) is 6.78. The molecule has 0 unspecified atom stereocenters. The van der Waals surface area contributed by atoms with Gasteiger partial charge in [-0.3, -0.25) is 10.5 Å². The third-order valence-corrected chi connectivity index (χ3v) is 3.72. The van der Waals surface area contributed by atoms with Crippen molar-refractivity contribution in [2.45, 2.75) is 32.1 Å². The molecular weight excluding hydrogens is 242 g/mol. The molecule has 2 aromatic rings. The quantitative estimate of drug-likeness (QED) is 0.492. The van der Waals surface area contributed by atoms with Crippen LogP contribution in [0.5, 0.6) is 0 Å². The largest absolute Gasteiger partial charge is 0.369 e. The fourth-order valence-corrected chi connectivity index (χ4v) is 2.67. The predicted molar refractivity (Wildman–Crippen MR) is 74.6 cm³/mol. The molecule has 1 fully saturated rings. The summed E-state index contributed by atoms with van der Waals surface area (Å²) in [6.07, 6.45) is 8.39. The van der Waals surface area contributed by atoms with Crippen LogP contribution < -0.4 is 16.6 Å². The third kappa shape index (κ3) is 2.60. The van der Waals surface area contributed by atoms with Crippen LogP contribution in [0.3, 0.4) is 0 Å². The maximum atomic E-state index is 5.38. The van der Waals surface area contributed by atoms with Crippen LogP contribution in [0.1, 0.15) is 32.1 Å². The zero-order chi connectivity index (χ0) is 13.1. The maximum Gasteiger partial charge on any atom is 0.241 e. The van der Waals surface area contributed by atoms with Crippen LogP contribution in [-0.2, 0) is 0 Å². The second-order valence-corrected chi connectivity index (χ2v) is 5.06. The van der Waals surface area contributed by atoms with E-state index in [1.54, 1.807) is 6.20 Å². The molecule has 7 nitrogen and oxygen atoms in total. The molecule has 0 radical (unpaired) electrons. The first kappa shape index (κ1) is 12.2. The predicted octanol–water partition coefficient (Wildman–Crippen LogP) is 1.63. The van der Waals surface area contributed by atoms with Gasteiger partial charge in [0.25, 0.3) is 0 Å². The van der Waals surface area contributed by atoms with Crippen molar-refractivity contribution in [2.75, 3.05) is 17.3 Å². The van der Waals surface area contributed by atoms with Crippen LogP contribution in [0.2, 0.25) is 0 Å². The standard InChI is InChI=1S/C12H19N7/c13-18-12-16-10(9-7-15-19-11(9)17-12)14-6-8-4-2-1-3-5-8/h7-8H,1-6,13H2,(H3,14,15,16,17,18,19). The molecule has 2 aromatic heterocycles. The topological polar surface area (TPSA) is 105 Å². The molecule has 7 heteroatoms. The molecule has 1 saturated carbocycles. The summed E-state index contributed by atoms with van der Waals surface area (Å²) < 4.78 is 0. The number of rotatable bonds is 4. The van der Waals surface area contributed by atoms with Gasteiger partial charge >= 0.3 is 0 Å². The van der Waals surface area contributed by atoms with Gasteiger partial charge in [0, 0.05) is 6.54 Å². The number of nitrogens with zero attached hydrogens (tertiary/aromatic N) is 3. The molecule has 0 saturated heterocycles. The fourth-order valence-electron chi connectivity index (χ4n) is 2.67. The molecule has 19 heavy (non-hydrogen) atoms. The zero-order valence-corrected chi connectivity index (χ0v) is 10.8. The molecule has 1 aliphatic rings. The van der Waals surface area contributed by atoms with Gasteiger partial charge in [-0.05, 0) is 18.8 Å². The van der Waals surface area contributed by atoms with Gasteiger partial charge in [-0.15, -0.1) is 0 Å². The number of hydrogen-bond donors (Lipinski definition) is 4. The summed E-state index contributed by atoms with van der Waals surface area (Å²) in [6, 6.07) is 0. The van der Waals surface area contributed by atoms with E-state index in [1.807, 2.05) is 0 Å². The van der Waals surface area contributed by atoms with Gasteiger partial charge in [0.1, 0.15) is 5.82 Å². The average molecular weight is 261 g/mol. The molecule has 0 amide bonds. The van der Waals surface area contributed by atoms with E-state index in [9.17, 15) is 0 Å². The lowest BCUT2D eigenvalue weighted by Crippen LogP contribution is -2.18. The number of aromatic nitrogens is 4. The van der Waals surface area contributed by atoms with Crippen molar-refractivity contribution in [1.29, 1.82) is 0 Å². The first-order valence-electron chi connectivity index (χ1n) is 6.78. The number of aromatic amines is 1. The summed E-state index contributed by atoms with van der Waals surface area (Å²) in [5, 5.41) is 11.1. The van der Waals surface area contributed by atoms with Crippen molar-refractivity contribution in [1.82, 2.24) is 20.2 Å². The number of fused-ring (bicyclic) bond motifs is 1. The minimum atomic E-state index is 0.392. The molecule has 0 spiro atoms. The number of nitrogens with one attached hydrogen (secondary N) is 3. The number of nitrogens with two attached hydrogens (primary N) is 1. The molecule has 5 N–H and O–H groups in total. The average Bonchev–Trinajstić information content (AvgIpc) is 2.94. The lowest BCUT2D eigenvalue weighted by Gasteiger charge is -2.22. The van der Waals surface area contributed by atoms with Gasteiger partial charge in [0.2, 0.25) is 5.95 Å². The van der Waals surface area contributed by atoms with Gasteiger partial charge in [-0.1, -0.05) is 19.3 Å². The fraction of sp³-hybridized carbons (Fsp3) is 0.583. The van der Waals surface area contributed by atoms with Crippen molar-refractivity contribution in [3.8, 4) is 0 Å². The van der Waals surface area contributed by atoms with Gasteiger partial charge in [-0.2, -0.15) is 15.1 Å². The van der Waals surface area contributed by atoms with Crippen LogP contribution in [0.4, 0.5) is 11.8 Å². The summed E-state index contributed by atoms with van der Waals surface area (Å²) in [5.74, 6) is 7.30. The highest BCUT2D eigenvalue weighted by atomic mass is 15.3. The van der Waals surface area contributed by atoms with Gasteiger partial charge in [-0.25, -0.2) is 5.84 Å². The highest BCUT2D eigenvalue weighted by Crippen LogP contribution is 2.25. The van der Waals surface area contributed by atoms with Crippen molar-refractivity contribution in [3.05, 3.63) is 6.20 Å². The molecule has 2 heterocycles. The molecule has 0 atom stereocenters. The van der Waals surface area contributed by atoms with Crippen LogP contribution in [-0.4, -0.2) is 26.7 Å². The maximum absolute atomic E-state index is 5.38. The minimum Gasteiger partial charge on any atom is -0.369 e. The number of hydrogen-bond acceptors (Lipinski definition) is 6. The second kappa shape index (κ2) is 5.40. The molecule has 3 rings (SSSR count). The van der Waals surface area contributed by atoms with Gasteiger partial charge in [0.05, 0.1) is 11.6 Å². The van der Waals surface area contributed by atoms with E-state index >= 15 is 0 Å². The number of H-pyrrole nitrogens is 1. The lowest BCUT2D eigenvalue weighted by atomic mass is 9.89. The molecule has 0 bridgehead atoms.